The number of amides is 1. The lowest BCUT2D eigenvalue weighted by molar-refractivity contribution is -0.125. The van der Waals surface area contributed by atoms with Gasteiger partial charge in [0.2, 0.25) is 11.8 Å². The first-order valence-corrected chi connectivity index (χ1v) is 10.7. The number of hydrogen-bond acceptors (Lipinski definition) is 5. The highest BCUT2D eigenvalue weighted by molar-refractivity contribution is 5.84. The van der Waals surface area contributed by atoms with Gasteiger partial charge in [0.05, 0.1) is 24.5 Å². The van der Waals surface area contributed by atoms with Crippen LogP contribution in [0.2, 0.25) is 0 Å². The third-order valence-electron chi connectivity index (χ3n) is 5.34. The Labute approximate surface area is 195 Å². The second-order valence-electron chi connectivity index (χ2n) is 8.10. The van der Waals surface area contributed by atoms with Crippen molar-refractivity contribution in [1.29, 1.82) is 0 Å². The molecule has 0 spiro atoms. The summed E-state index contributed by atoms with van der Waals surface area (Å²) in [5.41, 5.74) is 1.42. The number of methoxy groups -OCH3 is 1. The summed E-state index contributed by atoms with van der Waals surface area (Å²) in [4.78, 5) is 21.4. The van der Waals surface area contributed by atoms with Crippen LogP contribution >= 0.6 is 0 Å². The van der Waals surface area contributed by atoms with Crippen molar-refractivity contribution in [3.63, 3.8) is 0 Å². The summed E-state index contributed by atoms with van der Waals surface area (Å²) in [7, 11) is 1.58. The van der Waals surface area contributed by atoms with Gasteiger partial charge in [-0.2, -0.15) is 0 Å². The van der Waals surface area contributed by atoms with Crippen LogP contribution in [0.15, 0.2) is 61.1 Å². The highest BCUT2D eigenvalue weighted by Crippen LogP contribution is 2.26. The predicted molar refractivity (Wildman–Crippen MR) is 123 cm³/mol. The molecular formula is C25H24F2N4O3. The molecule has 1 N–H and O–H groups in total. The molecule has 7 nitrogen and oxygen atoms in total. The van der Waals surface area contributed by atoms with Crippen molar-refractivity contribution in [1.82, 2.24) is 19.9 Å². The first-order valence-electron chi connectivity index (χ1n) is 10.7. The van der Waals surface area contributed by atoms with E-state index in [1.807, 2.05) is 26.0 Å². The molecule has 0 aliphatic carbocycles. The lowest BCUT2D eigenvalue weighted by atomic mass is 10.0. The summed E-state index contributed by atoms with van der Waals surface area (Å²) in [6.45, 7) is 3.99. The maximum atomic E-state index is 13.8. The minimum absolute atomic E-state index is 0.123. The molecule has 34 heavy (non-hydrogen) atoms. The normalized spacial score (nSPS) is 12.1. The number of aromatic nitrogens is 3. The molecule has 0 aliphatic heterocycles. The van der Waals surface area contributed by atoms with E-state index in [1.54, 1.807) is 42.1 Å². The number of halogens is 2. The average Bonchev–Trinajstić information content (AvgIpc) is 3.21. The molecular weight excluding hydrogens is 442 g/mol. The van der Waals surface area contributed by atoms with Crippen LogP contribution in [-0.4, -0.2) is 27.6 Å². The number of pyridine rings is 1. The summed E-state index contributed by atoms with van der Waals surface area (Å²) in [6, 6.07) is 12.1. The monoisotopic (exact) mass is 466 g/mol. The summed E-state index contributed by atoms with van der Waals surface area (Å²) in [6.07, 6.45) is 3.05. The molecule has 1 unspecified atom stereocenters. The van der Waals surface area contributed by atoms with Crippen LogP contribution in [0.1, 0.15) is 25.5 Å². The molecule has 2 heterocycles. The van der Waals surface area contributed by atoms with E-state index in [2.05, 4.69) is 15.3 Å². The first-order chi connectivity index (χ1) is 16.4. The zero-order valence-corrected chi connectivity index (χ0v) is 19.0. The molecule has 4 aromatic rings. The van der Waals surface area contributed by atoms with E-state index in [1.165, 1.54) is 6.33 Å². The highest BCUT2D eigenvalue weighted by atomic mass is 19.2. The van der Waals surface area contributed by atoms with Gasteiger partial charge < -0.3 is 19.4 Å². The molecule has 9 heteroatoms. The molecule has 176 valence electrons. The number of hydrogen-bond donors (Lipinski definition) is 1. The Kier molecular flexibility index (Phi) is 6.72. The molecule has 0 aliphatic rings. The Bertz CT molecular complexity index is 1310. The number of nitrogens with zero attached hydrogens (tertiary/aromatic N) is 3. The molecule has 0 saturated carbocycles. The Hall–Kier alpha value is -4.01. The Morgan fingerprint density at radius 2 is 1.82 bits per heavy atom. The van der Waals surface area contributed by atoms with Gasteiger partial charge in [-0.15, -0.1) is 0 Å². The van der Waals surface area contributed by atoms with Crippen LogP contribution < -0.4 is 14.8 Å². The van der Waals surface area contributed by atoms with Crippen molar-refractivity contribution in [2.24, 2.45) is 5.92 Å². The third kappa shape index (κ3) is 4.98. The van der Waals surface area contributed by atoms with E-state index in [-0.39, 0.29) is 23.9 Å². The number of fused-ring (bicyclic) bond motifs is 1. The fourth-order valence-electron chi connectivity index (χ4n) is 3.65. The van der Waals surface area contributed by atoms with Gasteiger partial charge in [-0.3, -0.25) is 4.79 Å². The van der Waals surface area contributed by atoms with Crippen LogP contribution in [0.5, 0.6) is 17.4 Å². The zero-order valence-electron chi connectivity index (χ0n) is 19.0. The second kappa shape index (κ2) is 9.86. The second-order valence-corrected chi connectivity index (χ2v) is 8.10. The van der Waals surface area contributed by atoms with Crippen LogP contribution in [0.4, 0.5) is 8.78 Å². The quantitative estimate of drug-likeness (QED) is 0.394. The molecule has 0 saturated heterocycles. The van der Waals surface area contributed by atoms with Crippen molar-refractivity contribution in [3.8, 4) is 17.4 Å². The summed E-state index contributed by atoms with van der Waals surface area (Å²) >= 11 is 0. The lowest BCUT2D eigenvalue weighted by Gasteiger charge is -2.22. The molecule has 1 atom stereocenters. The summed E-state index contributed by atoms with van der Waals surface area (Å²) < 4.78 is 39.8. The third-order valence-corrected chi connectivity index (χ3v) is 5.34. The number of rotatable bonds is 8. The first kappa shape index (κ1) is 23.2. The van der Waals surface area contributed by atoms with Gasteiger partial charge in [0.15, 0.2) is 11.6 Å². The molecule has 0 fully saturated rings. The Balaban J connectivity index is 1.44. The fourth-order valence-corrected chi connectivity index (χ4v) is 3.65. The molecule has 2 aromatic heterocycles. The molecule has 0 bridgehead atoms. The van der Waals surface area contributed by atoms with Crippen molar-refractivity contribution in [2.45, 2.75) is 26.4 Å². The number of nitrogens with one attached hydrogen (secondary N) is 1. The Morgan fingerprint density at radius 3 is 2.53 bits per heavy atom. The minimum Gasteiger partial charge on any atom is -0.497 e. The molecule has 2 aromatic carbocycles. The smallest absolute Gasteiger partial charge is 0.243 e. The number of carbonyl (C=O) groups excluding carboxylic acids is 1. The van der Waals surface area contributed by atoms with Gasteiger partial charge in [-0.05, 0) is 23.6 Å². The van der Waals surface area contributed by atoms with E-state index in [0.29, 0.717) is 22.9 Å². The average molecular weight is 466 g/mol. The maximum absolute atomic E-state index is 13.8. The van der Waals surface area contributed by atoms with Gasteiger partial charge >= 0.3 is 0 Å². The zero-order chi connectivity index (χ0) is 24.2. The van der Waals surface area contributed by atoms with E-state index in [9.17, 15) is 13.6 Å². The molecule has 1 amide bonds. The van der Waals surface area contributed by atoms with Crippen LogP contribution in [0.3, 0.4) is 0 Å². The van der Waals surface area contributed by atoms with E-state index in [4.69, 9.17) is 9.47 Å². The summed E-state index contributed by atoms with van der Waals surface area (Å²) in [5, 5.41) is 2.89. The van der Waals surface area contributed by atoms with Gasteiger partial charge in [0, 0.05) is 37.0 Å². The fraction of sp³-hybridized carbons (Fsp3) is 0.240. The van der Waals surface area contributed by atoms with Crippen molar-refractivity contribution in [3.05, 3.63) is 78.3 Å². The summed E-state index contributed by atoms with van der Waals surface area (Å²) in [5.74, 6) is -0.679. The van der Waals surface area contributed by atoms with Crippen LogP contribution in [0.25, 0.3) is 11.0 Å². The number of benzene rings is 2. The highest BCUT2D eigenvalue weighted by Gasteiger charge is 2.26. The topological polar surface area (TPSA) is 78.3 Å². The molecule has 4 rings (SSSR count). The van der Waals surface area contributed by atoms with Gasteiger partial charge in [0.25, 0.3) is 0 Å². The Morgan fingerprint density at radius 1 is 1.06 bits per heavy atom. The maximum Gasteiger partial charge on any atom is 0.243 e. The van der Waals surface area contributed by atoms with Crippen molar-refractivity contribution in [2.75, 3.05) is 7.11 Å². The van der Waals surface area contributed by atoms with Crippen LogP contribution in [-0.2, 0) is 11.3 Å². The minimum atomic E-state index is -0.987. The molecule has 0 radical (unpaired) electrons. The largest absolute Gasteiger partial charge is 0.497 e. The number of carbonyl (C=O) groups is 1. The lowest BCUT2D eigenvalue weighted by Crippen LogP contribution is -2.34. The van der Waals surface area contributed by atoms with E-state index < -0.39 is 17.7 Å². The van der Waals surface area contributed by atoms with Gasteiger partial charge in [-0.1, -0.05) is 26.0 Å². The SMILES string of the molecule is COc1cccc(Oc2ccc(CNC(=O)C(C(C)C)n3cnc4cc(F)c(F)cc43)cn2)c1. The number of ether oxygens (including phenoxy) is 2. The van der Waals surface area contributed by atoms with Crippen molar-refractivity contribution >= 4 is 16.9 Å². The van der Waals surface area contributed by atoms with E-state index >= 15 is 0 Å². The van der Waals surface area contributed by atoms with Gasteiger partial charge in [0.1, 0.15) is 17.5 Å². The predicted octanol–water partition coefficient (Wildman–Crippen LogP) is 5.02. The van der Waals surface area contributed by atoms with E-state index in [0.717, 1.165) is 17.7 Å². The number of imidazole rings is 1. The van der Waals surface area contributed by atoms with Crippen LogP contribution in [0, 0.1) is 17.6 Å². The standard InChI is InChI=1S/C25H24F2N4O3/c1-15(2)24(31-14-30-21-10-19(26)20(27)11-22(21)31)25(32)29-13-16-7-8-23(28-12-16)34-18-6-4-5-17(9-18)33-3/h4-12,14-15,24H,13H2,1-3H3,(H,29,32). The van der Waals surface area contributed by atoms with Crippen molar-refractivity contribution < 1.29 is 23.0 Å². The van der Waals surface area contributed by atoms with Gasteiger partial charge in [-0.25, -0.2) is 18.7 Å².